The van der Waals surface area contributed by atoms with Gasteiger partial charge in [0.15, 0.2) is 16.5 Å². The predicted octanol–water partition coefficient (Wildman–Crippen LogP) is -1.95. The molecule has 244 valence electrons. The molecule has 2 aliphatic heterocycles. The Labute approximate surface area is 263 Å². The number of carboxylic acids is 2. The third kappa shape index (κ3) is 7.18. The van der Waals surface area contributed by atoms with Gasteiger partial charge in [-0.25, -0.2) is 24.6 Å². The molecule has 46 heavy (non-hydrogen) atoms. The maximum absolute atomic E-state index is 13.3. The minimum atomic E-state index is -1.83. The van der Waals surface area contributed by atoms with Gasteiger partial charge in [-0.15, -0.1) is 11.3 Å². The Morgan fingerprint density at radius 1 is 1.22 bits per heavy atom. The van der Waals surface area contributed by atoms with Crippen molar-refractivity contribution in [3.8, 4) is 5.75 Å². The molecule has 4 heterocycles. The van der Waals surface area contributed by atoms with Gasteiger partial charge in [0.05, 0.1) is 30.9 Å². The second-order valence-electron chi connectivity index (χ2n) is 10.5. The molecule has 0 radical (unpaired) electrons. The number of hydrogen-bond acceptors (Lipinski definition) is 14. The van der Waals surface area contributed by atoms with Crippen LogP contribution >= 0.6 is 11.3 Å². The van der Waals surface area contributed by atoms with Crippen LogP contribution in [0.5, 0.6) is 5.75 Å². The van der Waals surface area contributed by atoms with E-state index in [1.807, 2.05) is 0 Å². The van der Waals surface area contributed by atoms with E-state index in [4.69, 9.17) is 10.6 Å². The van der Waals surface area contributed by atoms with E-state index in [0.29, 0.717) is 11.3 Å². The summed E-state index contributed by atoms with van der Waals surface area (Å²) in [6.45, 7) is 2.90. The fourth-order valence-electron chi connectivity index (χ4n) is 4.13. The Morgan fingerprint density at radius 2 is 1.93 bits per heavy atom. The summed E-state index contributed by atoms with van der Waals surface area (Å²) in [7, 11) is 0. The number of anilines is 1. The van der Waals surface area contributed by atoms with Crippen molar-refractivity contribution in [2.24, 2.45) is 5.16 Å². The number of hydrogen-bond donors (Lipinski definition) is 7. The number of aromatic nitrogens is 2. The minimum Gasteiger partial charge on any atom is -0.508 e. The normalized spacial score (nSPS) is 16.7. The van der Waals surface area contributed by atoms with Gasteiger partial charge in [0, 0.05) is 29.8 Å². The smallest absolute Gasteiger partial charge is 0.354 e. The average molecular weight is 660 g/mol. The van der Waals surface area contributed by atoms with Crippen molar-refractivity contribution in [1.82, 2.24) is 35.9 Å². The number of pyridine rings is 1. The van der Waals surface area contributed by atoms with Crippen LogP contribution in [0.25, 0.3) is 0 Å². The monoisotopic (exact) mass is 659 g/mol. The number of nitrogens with two attached hydrogens (primary N) is 1. The molecule has 1 atom stereocenters. The summed E-state index contributed by atoms with van der Waals surface area (Å²) in [6.07, 6.45) is 1.43. The lowest BCUT2D eigenvalue weighted by atomic mass is 10.1. The zero-order chi connectivity index (χ0) is 33.9. The number of nitrogens with zero attached hydrogens (tertiary/aromatic N) is 5. The van der Waals surface area contributed by atoms with Crippen LogP contribution in [0, 0.1) is 6.92 Å². The molecular formula is C26H29N9O10S. The molecule has 1 fully saturated rings. The molecule has 0 saturated carbocycles. The number of aromatic hydroxyl groups is 1. The summed E-state index contributed by atoms with van der Waals surface area (Å²) in [5.41, 5.74) is 3.24. The molecule has 2 aliphatic rings. The highest BCUT2D eigenvalue weighted by Gasteiger charge is 2.49. The number of fused-ring (bicyclic) bond motifs is 1. The topological polar surface area (TPSA) is 279 Å². The number of aliphatic carboxylic acids is 2. The SMILES string of the molecule is Cc1cnc(CNC(=O)CNC(=O)C2=C(C(=O)O)N3C(=O)[C@@H](NC(=O)/C(=N\OC(C)(C)C(=O)O)c4csc(N)n4)CN3C2)cc1O. The van der Waals surface area contributed by atoms with Gasteiger partial charge in [0.2, 0.25) is 11.5 Å². The highest BCUT2D eigenvalue weighted by atomic mass is 32.1. The molecule has 0 aromatic carbocycles. The van der Waals surface area contributed by atoms with Crippen molar-refractivity contribution in [1.29, 1.82) is 0 Å². The quantitative estimate of drug-likeness (QED) is 0.0963. The van der Waals surface area contributed by atoms with E-state index < -0.39 is 65.2 Å². The number of carbonyl (C=O) groups excluding carboxylic acids is 4. The first-order valence-electron chi connectivity index (χ1n) is 13.4. The Hall–Kier alpha value is -5.63. The number of aryl methyl sites for hydroxylation is 1. The molecular weight excluding hydrogens is 630 g/mol. The fourth-order valence-corrected chi connectivity index (χ4v) is 4.68. The van der Waals surface area contributed by atoms with E-state index in [9.17, 15) is 44.1 Å². The van der Waals surface area contributed by atoms with Crippen molar-refractivity contribution < 1.29 is 48.9 Å². The van der Waals surface area contributed by atoms with E-state index in [0.717, 1.165) is 16.3 Å². The van der Waals surface area contributed by atoms with Crippen molar-refractivity contribution in [2.45, 2.75) is 39.0 Å². The molecule has 4 amide bonds. The van der Waals surface area contributed by atoms with Crippen LogP contribution in [0.4, 0.5) is 5.13 Å². The molecule has 4 rings (SSSR count). The summed E-state index contributed by atoms with van der Waals surface area (Å²) in [6, 6.07) is 0.0716. The van der Waals surface area contributed by atoms with Gasteiger partial charge >= 0.3 is 11.9 Å². The molecule has 0 spiro atoms. The highest BCUT2D eigenvalue weighted by Crippen LogP contribution is 2.29. The molecule has 2 aromatic heterocycles. The number of amides is 4. The summed E-state index contributed by atoms with van der Waals surface area (Å²) in [5, 5.41) is 43.2. The van der Waals surface area contributed by atoms with Crippen LogP contribution in [-0.2, 0) is 40.1 Å². The third-order valence-corrected chi connectivity index (χ3v) is 7.34. The fraction of sp³-hybridized carbons (Fsp3) is 0.346. The van der Waals surface area contributed by atoms with Crippen molar-refractivity contribution in [2.75, 3.05) is 25.4 Å². The van der Waals surface area contributed by atoms with Crippen LogP contribution in [0.2, 0.25) is 0 Å². The van der Waals surface area contributed by atoms with Gasteiger partial charge in [0.25, 0.3) is 17.7 Å². The number of nitrogens with one attached hydrogen (secondary N) is 3. The Kier molecular flexibility index (Phi) is 9.52. The lowest BCUT2D eigenvalue weighted by molar-refractivity contribution is -0.161. The molecule has 1 saturated heterocycles. The number of rotatable bonds is 12. The summed E-state index contributed by atoms with van der Waals surface area (Å²) in [5.74, 6) is -6.39. The van der Waals surface area contributed by atoms with Crippen LogP contribution in [0.1, 0.15) is 30.8 Å². The van der Waals surface area contributed by atoms with Crippen molar-refractivity contribution in [3.05, 3.63) is 45.9 Å². The van der Waals surface area contributed by atoms with Gasteiger partial charge in [-0.2, -0.15) is 0 Å². The zero-order valence-corrected chi connectivity index (χ0v) is 25.4. The van der Waals surface area contributed by atoms with E-state index >= 15 is 0 Å². The molecule has 0 bridgehead atoms. The van der Waals surface area contributed by atoms with E-state index in [1.54, 1.807) is 6.92 Å². The Bertz CT molecular complexity index is 1690. The predicted molar refractivity (Wildman–Crippen MR) is 156 cm³/mol. The standard InChI is InChI=1S/C26H29N9O10S/c1-11-5-28-12(4-16(11)36)6-29-17(37)7-30-20(38)13-8-34-9-14(22(40)35(34)19(13)23(41)42)31-21(39)18(15-10-46-25(27)32-15)33-45-26(2,3)24(43)44/h4-5,10,14H,6-9H2,1-3H3,(H2,27,32)(H,28,36)(H,29,37)(H,30,38)(H,31,39)(H,41,42)(H,43,44)/b33-18-/t14-/m0/s1. The highest BCUT2D eigenvalue weighted by molar-refractivity contribution is 7.13. The van der Waals surface area contributed by atoms with E-state index in [1.165, 1.54) is 36.5 Å². The van der Waals surface area contributed by atoms with Gasteiger partial charge in [-0.3, -0.25) is 24.2 Å². The largest absolute Gasteiger partial charge is 0.508 e. The average Bonchev–Trinajstić information content (AvgIpc) is 3.67. The van der Waals surface area contributed by atoms with Crippen LogP contribution in [-0.4, -0.2) is 108 Å². The lowest BCUT2D eigenvalue weighted by Gasteiger charge is -2.19. The summed E-state index contributed by atoms with van der Waals surface area (Å²) < 4.78 is 0. The van der Waals surface area contributed by atoms with Crippen LogP contribution in [0.15, 0.2) is 34.1 Å². The second kappa shape index (κ2) is 13.2. The number of nitrogen functional groups attached to an aromatic ring is 1. The number of carbonyl (C=O) groups is 6. The summed E-state index contributed by atoms with van der Waals surface area (Å²) >= 11 is 0.966. The molecule has 0 aliphatic carbocycles. The Balaban J connectivity index is 1.42. The molecule has 19 nitrogen and oxygen atoms in total. The first kappa shape index (κ1) is 33.3. The van der Waals surface area contributed by atoms with E-state index in [2.05, 4.69) is 31.1 Å². The number of carboxylic acid groups (broad SMARTS) is 2. The second-order valence-corrected chi connectivity index (χ2v) is 11.4. The number of oxime groups is 1. The van der Waals surface area contributed by atoms with Gasteiger partial charge in [0.1, 0.15) is 17.5 Å². The first-order chi connectivity index (χ1) is 21.6. The zero-order valence-electron chi connectivity index (χ0n) is 24.6. The molecule has 8 N–H and O–H groups in total. The van der Waals surface area contributed by atoms with Gasteiger partial charge in [-0.05, 0) is 20.8 Å². The van der Waals surface area contributed by atoms with Crippen LogP contribution < -0.4 is 21.7 Å². The Morgan fingerprint density at radius 3 is 2.54 bits per heavy atom. The molecule has 2 aromatic rings. The van der Waals surface area contributed by atoms with Crippen molar-refractivity contribution >= 4 is 57.7 Å². The third-order valence-electron chi connectivity index (χ3n) is 6.67. The maximum Gasteiger partial charge on any atom is 0.354 e. The van der Waals surface area contributed by atoms with E-state index in [-0.39, 0.29) is 41.8 Å². The van der Waals surface area contributed by atoms with Gasteiger partial charge in [-0.1, -0.05) is 5.16 Å². The maximum atomic E-state index is 13.3. The molecule has 20 heteroatoms. The first-order valence-corrected chi connectivity index (χ1v) is 14.2. The van der Waals surface area contributed by atoms with Crippen molar-refractivity contribution in [3.63, 3.8) is 0 Å². The number of thiazole rings is 1. The van der Waals surface area contributed by atoms with Gasteiger partial charge < -0.3 is 41.8 Å². The number of hydrazine groups is 1. The molecule has 0 unspecified atom stereocenters. The lowest BCUT2D eigenvalue weighted by Crippen LogP contribution is -2.46. The minimum absolute atomic E-state index is 0.000785. The van der Waals surface area contributed by atoms with Crippen LogP contribution in [0.3, 0.4) is 0 Å². The summed E-state index contributed by atoms with van der Waals surface area (Å²) in [4.78, 5) is 88.3.